The molecule has 2 N–H and O–H groups in total. The van der Waals surface area contributed by atoms with Gasteiger partial charge in [-0.1, -0.05) is 44.2 Å². The molecule has 27 heavy (non-hydrogen) atoms. The smallest absolute Gasteiger partial charge is 0.407 e. The van der Waals surface area contributed by atoms with Crippen LogP contribution in [-0.2, 0) is 20.9 Å². The predicted molar refractivity (Wildman–Crippen MR) is 107 cm³/mol. The van der Waals surface area contributed by atoms with Gasteiger partial charge in [-0.2, -0.15) is 0 Å². The zero-order chi connectivity index (χ0) is 20.3. The number of nitrogens with one attached hydrogen (secondary N) is 2. The maximum absolute atomic E-state index is 12.7. The second-order valence-corrected chi connectivity index (χ2v) is 6.96. The summed E-state index contributed by atoms with van der Waals surface area (Å²) in [6, 6.07) is 9.51. The first-order valence-corrected chi connectivity index (χ1v) is 9.71. The molecule has 0 spiro atoms. The second-order valence-electron chi connectivity index (χ2n) is 6.96. The Bertz CT molecular complexity index is 579. The predicted octanol–water partition coefficient (Wildman–Crippen LogP) is 3.44. The Labute approximate surface area is 163 Å². The normalized spacial score (nSPS) is 15.4. The average molecular weight is 379 g/mol. The summed E-state index contributed by atoms with van der Waals surface area (Å²) in [5.41, 5.74) is 0.243. The molecular weight excluding hydrogens is 344 g/mol. The van der Waals surface area contributed by atoms with E-state index in [1.54, 1.807) is 6.92 Å². The average Bonchev–Trinajstić information content (AvgIpc) is 2.69. The maximum atomic E-state index is 12.7. The molecule has 0 saturated heterocycles. The highest BCUT2D eigenvalue weighted by atomic mass is 16.5. The van der Waals surface area contributed by atoms with Gasteiger partial charge in [0.2, 0.25) is 0 Å². The number of ketones is 1. The first-order chi connectivity index (χ1) is 12.8. The molecule has 152 valence electrons. The summed E-state index contributed by atoms with van der Waals surface area (Å²) in [6.45, 7) is 10.7. The lowest BCUT2D eigenvalue weighted by molar-refractivity contribution is -0.139. The van der Waals surface area contributed by atoms with Crippen molar-refractivity contribution < 1.29 is 19.1 Å². The van der Waals surface area contributed by atoms with Crippen LogP contribution in [0.1, 0.15) is 53.0 Å². The Morgan fingerprint density at radius 2 is 1.78 bits per heavy atom. The van der Waals surface area contributed by atoms with Crippen LogP contribution >= 0.6 is 0 Å². The Balaban J connectivity index is 2.36. The maximum Gasteiger partial charge on any atom is 0.407 e. The first kappa shape index (κ1) is 23.1. The van der Waals surface area contributed by atoms with Gasteiger partial charge in [-0.05, 0) is 39.2 Å². The van der Waals surface area contributed by atoms with Gasteiger partial charge in [0.05, 0.1) is 11.6 Å². The summed E-state index contributed by atoms with van der Waals surface area (Å²) in [4.78, 5) is 24.5. The fourth-order valence-corrected chi connectivity index (χ4v) is 2.62. The summed E-state index contributed by atoms with van der Waals surface area (Å²) in [5.74, 6) is 0.0250. The summed E-state index contributed by atoms with van der Waals surface area (Å²) < 4.78 is 10.9. The van der Waals surface area contributed by atoms with Crippen LogP contribution in [0, 0.1) is 0 Å². The molecule has 0 aromatic heterocycles. The number of benzene rings is 1. The largest absolute Gasteiger partial charge is 0.445 e. The molecule has 1 rings (SSSR count). The minimum Gasteiger partial charge on any atom is -0.445 e. The van der Waals surface area contributed by atoms with Crippen molar-refractivity contribution >= 4 is 11.9 Å². The highest BCUT2D eigenvalue weighted by molar-refractivity contribution is 5.91. The van der Waals surface area contributed by atoms with E-state index in [1.807, 2.05) is 58.0 Å². The number of Topliss-reactive ketones (excluding diaryl/α,β-unsaturated/α-hetero) is 1. The minimum atomic E-state index is -0.692. The second kappa shape index (κ2) is 11.7. The molecule has 3 atom stereocenters. The van der Waals surface area contributed by atoms with Gasteiger partial charge in [-0.15, -0.1) is 0 Å². The molecule has 0 bridgehead atoms. The van der Waals surface area contributed by atoms with Crippen LogP contribution in [0.25, 0.3) is 0 Å². The zero-order valence-electron chi connectivity index (χ0n) is 17.2. The third-order valence-electron chi connectivity index (χ3n) is 4.75. The van der Waals surface area contributed by atoms with Gasteiger partial charge in [0, 0.05) is 13.1 Å². The third-order valence-corrected chi connectivity index (χ3v) is 4.75. The Morgan fingerprint density at radius 3 is 2.37 bits per heavy atom. The van der Waals surface area contributed by atoms with Crippen LogP contribution in [0.2, 0.25) is 0 Å². The highest BCUT2D eigenvalue weighted by Gasteiger charge is 2.34. The summed E-state index contributed by atoms with van der Waals surface area (Å²) in [7, 11) is 0. The fraction of sp³-hybridized carbons (Fsp3) is 0.619. The van der Waals surface area contributed by atoms with E-state index in [9.17, 15) is 9.59 Å². The number of amides is 1. The lowest BCUT2D eigenvalue weighted by Crippen LogP contribution is -2.55. The standard InChI is InChI=1S/C21H34N2O4/c1-6-16(3)27-17(4)19(24)21(5,7-2)23-14-13-22-20(25)26-15-18-11-9-8-10-12-18/h8-12,16-17,23H,6-7,13-15H2,1-5H3,(H,22,25)/t16?,17-,21?/m0/s1. The summed E-state index contributed by atoms with van der Waals surface area (Å²) in [5, 5.41) is 5.94. The van der Waals surface area contributed by atoms with E-state index in [2.05, 4.69) is 10.6 Å². The van der Waals surface area contributed by atoms with E-state index < -0.39 is 17.7 Å². The van der Waals surface area contributed by atoms with Gasteiger partial charge in [0.1, 0.15) is 12.7 Å². The van der Waals surface area contributed by atoms with Gasteiger partial charge < -0.3 is 20.1 Å². The SMILES string of the molecule is CCC(C)O[C@@H](C)C(=O)C(C)(CC)NCCNC(=O)OCc1ccccc1. The first-order valence-electron chi connectivity index (χ1n) is 9.71. The fourth-order valence-electron chi connectivity index (χ4n) is 2.62. The van der Waals surface area contributed by atoms with Crippen molar-refractivity contribution in [1.29, 1.82) is 0 Å². The molecule has 1 aromatic carbocycles. The van der Waals surface area contributed by atoms with Crippen molar-refractivity contribution in [2.75, 3.05) is 13.1 Å². The van der Waals surface area contributed by atoms with Gasteiger partial charge in [0.25, 0.3) is 0 Å². The molecule has 0 aliphatic carbocycles. The highest BCUT2D eigenvalue weighted by Crippen LogP contribution is 2.16. The molecule has 6 heteroatoms. The molecule has 2 unspecified atom stereocenters. The molecule has 0 radical (unpaired) electrons. The molecule has 1 aromatic rings. The van der Waals surface area contributed by atoms with Crippen molar-refractivity contribution in [1.82, 2.24) is 10.6 Å². The van der Waals surface area contributed by atoms with Crippen LogP contribution < -0.4 is 10.6 Å². The van der Waals surface area contributed by atoms with Crippen molar-refractivity contribution in [3.8, 4) is 0 Å². The molecule has 0 fully saturated rings. The molecule has 6 nitrogen and oxygen atoms in total. The minimum absolute atomic E-state index is 0.0250. The van der Waals surface area contributed by atoms with E-state index in [1.165, 1.54) is 0 Å². The van der Waals surface area contributed by atoms with Crippen LogP contribution in [0.3, 0.4) is 0 Å². The topological polar surface area (TPSA) is 76.7 Å². The van der Waals surface area contributed by atoms with E-state index in [4.69, 9.17) is 9.47 Å². The van der Waals surface area contributed by atoms with E-state index in [-0.39, 0.29) is 18.5 Å². The Hall–Kier alpha value is -1.92. The number of rotatable bonds is 12. The summed E-state index contributed by atoms with van der Waals surface area (Å²) >= 11 is 0. The van der Waals surface area contributed by atoms with E-state index >= 15 is 0 Å². The van der Waals surface area contributed by atoms with E-state index in [0.29, 0.717) is 19.5 Å². The number of hydrogen-bond donors (Lipinski definition) is 2. The molecule has 0 saturated carbocycles. The van der Waals surface area contributed by atoms with Crippen molar-refractivity contribution in [3.63, 3.8) is 0 Å². The number of carbonyl (C=O) groups is 2. The lowest BCUT2D eigenvalue weighted by Gasteiger charge is -2.31. The Morgan fingerprint density at radius 1 is 1.11 bits per heavy atom. The number of alkyl carbamates (subject to hydrolysis) is 1. The monoisotopic (exact) mass is 378 g/mol. The quantitative estimate of drug-likeness (QED) is 0.545. The third kappa shape index (κ3) is 8.10. The molecule has 0 aliphatic heterocycles. The molecule has 0 aliphatic rings. The van der Waals surface area contributed by atoms with Crippen molar-refractivity contribution in [2.45, 2.75) is 71.8 Å². The number of carbonyl (C=O) groups excluding carboxylic acids is 2. The van der Waals surface area contributed by atoms with Crippen LogP contribution in [0.4, 0.5) is 4.79 Å². The summed E-state index contributed by atoms with van der Waals surface area (Å²) in [6.07, 6.45) is 0.604. The van der Waals surface area contributed by atoms with Gasteiger partial charge in [-0.3, -0.25) is 4.79 Å². The molecule has 1 amide bonds. The van der Waals surface area contributed by atoms with Crippen LogP contribution in [0.15, 0.2) is 30.3 Å². The van der Waals surface area contributed by atoms with Gasteiger partial charge in [0.15, 0.2) is 5.78 Å². The lowest BCUT2D eigenvalue weighted by atomic mass is 9.90. The van der Waals surface area contributed by atoms with Gasteiger partial charge >= 0.3 is 6.09 Å². The number of hydrogen-bond acceptors (Lipinski definition) is 5. The van der Waals surface area contributed by atoms with Gasteiger partial charge in [-0.25, -0.2) is 4.79 Å². The Kier molecular flexibility index (Phi) is 10.0. The van der Waals surface area contributed by atoms with Crippen LogP contribution in [-0.4, -0.2) is 42.7 Å². The van der Waals surface area contributed by atoms with E-state index in [0.717, 1.165) is 12.0 Å². The molecule has 0 heterocycles. The van der Waals surface area contributed by atoms with Crippen LogP contribution in [0.5, 0.6) is 0 Å². The zero-order valence-corrected chi connectivity index (χ0v) is 17.2. The van der Waals surface area contributed by atoms with Crippen molar-refractivity contribution in [2.24, 2.45) is 0 Å². The van der Waals surface area contributed by atoms with Crippen molar-refractivity contribution in [3.05, 3.63) is 35.9 Å². The number of ether oxygens (including phenoxy) is 2. The molecular formula is C21H34N2O4.